The maximum Gasteiger partial charge on any atom is 0.317 e. The number of phenolic OH excluding ortho intramolecular Hbond substituents is 2. The van der Waals surface area contributed by atoms with Crippen molar-refractivity contribution in [1.82, 2.24) is 9.80 Å². The Hall–Kier alpha value is -3.10. The van der Waals surface area contributed by atoms with Crippen LogP contribution < -0.4 is 0 Å². The van der Waals surface area contributed by atoms with Crippen molar-refractivity contribution in [2.24, 2.45) is 0 Å². The van der Waals surface area contributed by atoms with Crippen molar-refractivity contribution in [3.63, 3.8) is 0 Å². The minimum atomic E-state index is -1.01. The molecule has 0 saturated carbocycles. The number of carboxylic acids is 2. The van der Waals surface area contributed by atoms with Gasteiger partial charge in [0.25, 0.3) is 0 Å². The van der Waals surface area contributed by atoms with Crippen LogP contribution in [-0.2, 0) is 22.7 Å². The van der Waals surface area contributed by atoms with Gasteiger partial charge in [-0.1, -0.05) is 30.3 Å². The van der Waals surface area contributed by atoms with Crippen LogP contribution in [0.15, 0.2) is 42.5 Å². The Morgan fingerprint density at radius 2 is 1.31 bits per heavy atom. The number of aromatic hydroxyl groups is 2. The molecule has 156 valence electrons. The number of benzene rings is 2. The summed E-state index contributed by atoms with van der Waals surface area (Å²) in [5, 5.41) is 38.5. The average Bonchev–Trinajstić information content (AvgIpc) is 2.62. The van der Waals surface area contributed by atoms with Crippen molar-refractivity contribution in [3.8, 4) is 11.5 Å². The number of nitrogens with zero attached hydrogens (tertiary/aromatic N) is 2. The topological polar surface area (TPSA) is 122 Å². The average molecular weight is 402 g/mol. The first-order valence-corrected chi connectivity index (χ1v) is 9.18. The maximum absolute atomic E-state index is 11.3. The predicted molar refractivity (Wildman–Crippen MR) is 107 cm³/mol. The van der Waals surface area contributed by atoms with Gasteiger partial charge in [0, 0.05) is 37.3 Å². The van der Waals surface area contributed by atoms with Gasteiger partial charge in [-0.3, -0.25) is 19.4 Å². The fraction of sp³-hybridized carbons (Fsp3) is 0.333. The zero-order valence-electron chi connectivity index (χ0n) is 16.3. The number of hydrogen-bond acceptors (Lipinski definition) is 6. The number of para-hydroxylation sites is 1. The monoisotopic (exact) mass is 402 g/mol. The number of aryl methyl sites for hydroxylation is 1. The molecule has 0 saturated heterocycles. The molecule has 0 atom stereocenters. The molecule has 0 amide bonds. The normalized spacial score (nSPS) is 11.1. The highest BCUT2D eigenvalue weighted by Gasteiger charge is 2.17. The van der Waals surface area contributed by atoms with Crippen LogP contribution in [0.2, 0.25) is 0 Å². The molecule has 0 unspecified atom stereocenters. The molecule has 0 radical (unpaired) electrons. The highest BCUT2D eigenvalue weighted by molar-refractivity contribution is 5.69. The van der Waals surface area contributed by atoms with Gasteiger partial charge in [-0.05, 0) is 24.6 Å². The fourth-order valence-corrected chi connectivity index (χ4v) is 3.03. The molecule has 2 rings (SSSR count). The Morgan fingerprint density at radius 3 is 1.79 bits per heavy atom. The summed E-state index contributed by atoms with van der Waals surface area (Å²) in [6.45, 7) is 2.35. The van der Waals surface area contributed by atoms with E-state index in [1.165, 1.54) is 6.07 Å². The lowest BCUT2D eigenvalue weighted by Gasteiger charge is -2.26. The Kier molecular flexibility index (Phi) is 7.99. The van der Waals surface area contributed by atoms with Crippen LogP contribution in [0.3, 0.4) is 0 Å². The number of hydrogen-bond donors (Lipinski definition) is 4. The summed E-state index contributed by atoms with van der Waals surface area (Å²) in [6.07, 6.45) is 0. The van der Waals surface area contributed by atoms with Gasteiger partial charge in [-0.15, -0.1) is 0 Å². The lowest BCUT2D eigenvalue weighted by atomic mass is 10.1. The third-order valence-electron chi connectivity index (χ3n) is 4.47. The van der Waals surface area contributed by atoms with Gasteiger partial charge in [-0.25, -0.2) is 0 Å². The van der Waals surface area contributed by atoms with Crippen LogP contribution in [0.1, 0.15) is 16.7 Å². The number of carboxylic acid groups (broad SMARTS) is 2. The second-order valence-corrected chi connectivity index (χ2v) is 6.97. The van der Waals surface area contributed by atoms with Gasteiger partial charge < -0.3 is 20.4 Å². The van der Waals surface area contributed by atoms with Crippen LogP contribution in [0.25, 0.3) is 0 Å². The molecule has 4 N–H and O–H groups in total. The third kappa shape index (κ3) is 7.44. The molecule has 2 aromatic carbocycles. The van der Waals surface area contributed by atoms with Crippen molar-refractivity contribution < 1.29 is 30.0 Å². The molecule has 0 bridgehead atoms. The largest absolute Gasteiger partial charge is 0.508 e. The van der Waals surface area contributed by atoms with Crippen LogP contribution >= 0.6 is 0 Å². The molecule has 0 aliphatic rings. The third-order valence-corrected chi connectivity index (χ3v) is 4.47. The summed E-state index contributed by atoms with van der Waals surface area (Å²) in [7, 11) is 0. The summed E-state index contributed by atoms with van der Waals surface area (Å²) >= 11 is 0. The Balaban J connectivity index is 2.09. The molecule has 0 spiro atoms. The molecule has 8 heteroatoms. The lowest BCUT2D eigenvalue weighted by Crippen LogP contribution is -2.39. The van der Waals surface area contributed by atoms with E-state index in [4.69, 9.17) is 0 Å². The van der Waals surface area contributed by atoms with Crippen LogP contribution in [0, 0.1) is 6.92 Å². The second-order valence-electron chi connectivity index (χ2n) is 6.97. The molecule has 0 aliphatic carbocycles. The number of rotatable bonds is 11. The van der Waals surface area contributed by atoms with Crippen molar-refractivity contribution >= 4 is 11.9 Å². The quantitative estimate of drug-likeness (QED) is 0.450. The summed E-state index contributed by atoms with van der Waals surface area (Å²) in [4.78, 5) is 25.7. The van der Waals surface area contributed by atoms with E-state index in [0.29, 0.717) is 11.1 Å². The first-order chi connectivity index (χ1) is 13.7. The van der Waals surface area contributed by atoms with E-state index in [2.05, 4.69) is 0 Å². The Bertz CT molecular complexity index is 855. The maximum atomic E-state index is 11.3. The summed E-state index contributed by atoms with van der Waals surface area (Å²) in [6, 6.07) is 11.9. The highest BCUT2D eigenvalue weighted by Crippen LogP contribution is 2.21. The van der Waals surface area contributed by atoms with Gasteiger partial charge in [0.1, 0.15) is 11.5 Å². The van der Waals surface area contributed by atoms with Crippen molar-refractivity contribution in [1.29, 1.82) is 0 Å². The van der Waals surface area contributed by atoms with E-state index in [0.717, 1.165) is 5.56 Å². The smallest absolute Gasteiger partial charge is 0.317 e. The van der Waals surface area contributed by atoms with Crippen molar-refractivity contribution in [3.05, 3.63) is 59.2 Å². The predicted octanol–water partition coefficient (Wildman–Crippen LogP) is 1.88. The van der Waals surface area contributed by atoms with Gasteiger partial charge in [0.2, 0.25) is 0 Å². The second kappa shape index (κ2) is 10.4. The Morgan fingerprint density at radius 1 is 0.793 bits per heavy atom. The van der Waals surface area contributed by atoms with E-state index in [1.807, 2.05) is 13.0 Å². The molecule has 29 heavy (non-hydrogen) atoms. The number of phenols is 2. The lowest BCUT2D eigenvalue weighted by molar-refractivity contribution is -0.140. The highest BCUT2D eigenvalue weighted by atomic mass is 16.4. The molecular weight excluding hydrogens is 376 g/mol. The molecule has 0 aromatic heterocycles. The zero-order chi connectivity index (χ0) is 21.4. The van der Waals surface area contributed by atoms with E-state index < -0.39 is 11.9 Å². The van der Waals surface area contributed by atoms with E-state index in [1.54, 1.807) is 40.1 Å². The zero-order valence-corrected chi connectivity index (χ0v) is 16.3. The van der Waals surface area contributed by atoms with E-state index >= 15 is 0 Å². The Labute approximate surface area is 169 Å². The van der Waals surface area contributed by atoms with Gasteiger partial charge in [0.05, 0.1) is 13.1 Å². The SMILES string of the molecule is Cc1ccc(CN(CCN(CC(=O)O)Cc2ccccc2O)CC(=O)O)c(O)c1. The summed E-state index contributed by atoms with van der Waals surface area (Å²) in [5.74, 6) is -1.85. The van der Waals surface area contributed by atoms with E-state index in [9.17, 15) is 30.0 Å². The molecule has 0 heterocycles. The van der Waals surface area contributed by atoms with Crippen molar-refractivity contribution in [2.75, 3.05) is 26.2 Å². The fourth-order valence-electron chi connectivity index (χ4n) is 3.03. The minimum absolute atomic E-state index is 0.0786. The number of aliphatic carboxylic acids is 2. The van der Waals surface area contributed by atoms with Gasteiger partial charge in [0.15, 0.2) is 0 Å². The first kappa shape index (κ1) is 22.2. The molecule has 0 fully saturated rings. The minimum Gasteiger partial charge on any atom is -0.508 e. The van der Waals surface area contributed by atoms with Crippen molar-refractivity contribution in [2.45, 2.75) is 20.0 Å². The van der Waals surface area contributed by atoms with Crippen LogP contribution in [-0.4, -0.2) is 68.3 Å². The molecule has 2 aromatic rings. The van der Waals surface area contributed by atoms with Crippen LogP contribution in [0.5, 0.6) is 11.5 Å². The van der Waals surface area contributed by atoms with Gasteiger partial charge in [-0.2, -0.15) is 0 Å². The van der Waals surface area contributed by atoms with Crippen LogP contribution in [0.4, 0.5) is 0 Å². The standard InChI is InChI=1S/C21H26N2O6/c1-15-6-7-17(19(25)10-15)12-23(14-21(28)29)9-8-22(13-20(26)27)11-16-4-2-3-5-18(16)24/h2-7,10,24-25H,8-9,11-14H2,1H3,(H,26,27)(H,28,29). The summed E-state index contributed by atoms with van der Waals surface area (Å²) < 4.78 is 0. The molecular formula is C21H26N2O6. The molecule has 0 aliphatic heterocycles. The summed E-state index contributed by atoms with van der Waals surface area (Å²) in [5.41, 5.74) is 2.09. The first-order valence-electron chi connectivity index (χ1n) is 9.18. The van der Waals surface area contributed by atoms with Gasteiger partial charge >= 0.3 is 11.9 Å². The number of carbonyl (C=O) groups is 2. The van der Waals surface area contributed by atoms with E-state index in [-0.39, 0.29) is 50.8 Å². The molecule has 8 nitrogen and oxygen atoms in total.